The highest BCUT2D eigenvalue weighted by Crippen LogP contribution is 2.34. The maximum atomic E-state index is 12.8. The zero-order valence-electron chi connectivity index (χ0n) is 20.4. The van der Waals surface area contributed by atoms with Gasteiger partial charge in [0, 0.05) is 11.6 Å². The van der Waals surface area contributed by atoms with Crippen molar-refractivity contribution >= 4 is 27.6 Å². The van der Waals surface area contributed by atoms with Crippen LogP contribution in [0.2, 0.25) is 5.02 Å². The number of nitrogens with one attached hydrogen (secondary N) is 2. The average Bonchev–Trinajstić information content (AvgIpc) is 2.92. The fourth-order valence-corrected chi connectivity index (χ4v) is 4.30. The van der Waals surface area contributed by atoms with Crippen LogP contribution < -0.4 is 23.7 Å². The van der Waals surface area contributed by atoms with E-state index in [0.29, 0.717) is 28.3 Å². The summed E-state index contributed by atoms with van der Waals surface area (Å²) in [5.41, 5.74) is 1.96. The number of methoxy groups -OCH3 is 1. The molecule has 0 fully saturated rings. The number of ether oxygens (including phenoxy) is 3. The molecule has 38 heavy (non-hydrogen) atoms. The van der Waals surface area contributed by atoms with Gasteiger partial charge in [0.15, 0.2) is 11.6 Å². The summed E-state index contributed by atoms with van der Waals surface area (Å²) in [6.07, 6.45) is 4.71. The zero-order valence-corrected chi connectivity index (χ0v) is 21.9. The highest BCUT2D eigenvalue weighted by molar-refractivity contribution is 7.90. The molecule has 4 rings (SSSR count). The minimum atomic E-state index is -3.95. The second-order valence-corrected chi connectivity index (χ2v) is 9.68. The Hall–Kier alpha value is -4.00. The summed E-state index contributed by atoms with van der Waals surface area (Å²) in [4.78, 5) is 16.4. The van der Waals surface area contributed by atoms with E-state index in [0.717, 1.165) is 5.56 Å². The molecule has 13 heteroatoms. The Morgan fingerprint density at radius 2 is 1.61 bits per heavy atom. The van der Waals surface area contributed by atoms with Crippen LogP contribution in [0.4, 0.5) is 5.82 Å². The Labute approximate surface area is 225 Å². The van der Waals surface area contributed by atoms with E-state index in [1.165, 1.54) is 25.8 Å². The van der Waals surface area contributed by atoms with Crippen molar-refractivity contribution in [2.24, 2.45) is 0 Å². The summed E-state index contributed by atoms with van der Waals surface area (Å²) in [6.45, 7) is 0.391. The number of nitrogens with zero attached hydrogens (tertiary/aromatic N) is 4. The van der Waals surface area contributed by atoms with Gasteiger partial charge in [0.25, 0.3) is 10.2 Å². The molecule has 0 saturated heterocycles. The topological polar surface area (TPSA) is 137 Å². The van der Waals surface area contributed by atoms with Crippen molar-refractivity contribution < 1.29 is 22.6 Å². The lowest BCUT2D eigenvalue weighted by Gasteiger charge is -2.16. The van der Waals surface area contributed by atoms with Gasteiger partial charge in [-0.05, 0) is 29.7 Å². The van der Waals surface area contributed by atoms with Crippen molar-refractivity contribution in [3.63, 3.8) is 0 Å². The van der Waals surface area contributed by atoms with Gasteiger partial charge in [-0.3, -0.25) is 4.72 Å². The van der Waals surface area contributed by atoms with Gasteiger partial charge >= 0.3 is 6.01 Å². The number of hydrogen-bond acceptors (Lipinski definition) is 9. The number of rotatable bonds is 13. The van der Waals surface area contributed by atoms with Gasteiger partial charge in [-0.2, -0.15) is 23.1 Å². The Balaban J connectivity index is 1.47. The van der Waals surface area contributed by atoms with Crippen molar-refractivity contribution in [1.29, 1.82) is 0 Å². The Bertz CT molecular complexity index is 1430. The average molecular weight is 557 g/mol. The third kappa shape index (κ3) is 7.75. The van der Waals surface area contributed by atoms with Crippen LogP contribution in [0, 0.1) is 0 Å². The van der Waals surface area contributed by atoms with E-state index in [2.05, 4.69) is 29.4 Å². The molecule has 11 nitrogen and oxygen atoms in total. The molecular weight excluding hydrogens is 532 g/mol. The first-order chi connectivity index (χ1) is 18.4. The SMILES string of the molecule is COc1cnc(OCCOc2ncnc(NS(=O)(=O)NCCc3ccccc3)c2-c2ccc(Cl)cc2)nc1. The Morgan fingerprint density at radius 1 is 0.895 bits per heavy atom. The molecule has 0 unspecified atom stereocenters. The molecule has 0 amide bonds. The molecule has 0 radical (unpaired) electrons. The van der Waals surface area contributed by atoms with E-state index in [1.807, 2.05) is 30.3 Å². The van der Waals surface area contributed by atoms with Gasteiger partial charge in [0.2, 0.25) is 5.88 Å². The lowest BCUT2D eigenvalue weighted by atomic mass is 10.1. The maximum Gasteiger partial charge on any atom is 0.316 e. The number of anilines is 1. The quantitative estimate of drug-likeness (QED) is 0.237. The van der Waals surface area contributed by atoms with E-state index in [4.69, 9.17) is 25.8 Å². The molecular formula is C25H25ClN6O5S. The Morgan fingerprint density at radius 3 is 2.32 bits per heavy atom. The van der Waals surface area contributed by atoms with E-state index in [1.54, 1.807) is 24.3 Å². The molecule has 0 bridgehead atoms. The minimum Gasteiger partial charge on any atom is -0.494 e. The van der Waals surface area contributed by atoms with Crippen molar-refractivity contribution in [2.45, 2.75) is 6.42 Å². The highest BCUT2D eigenvalue weighted by atomic mass is 35.5. The largest absolute Gasteiger partial charge is 0.494 e. The minimum absolute atomic E-state index is 0.0453. The van der Waals surface area contributed by atoms with Crippen LogP contribution in [-0.2, 0) is 16.6 Å². The molecule has 0 atom stereocenters. The van der Waals surface area contributed by atoms with Crippen molar-refractivity contribution in [2.75, 3.05) is 31.6 Å². The van der Waals surface area contributed by atoms with Crippen LogP contribution in [0.3, 0.4) is 0 Å². The molecule has 0 aliphatic carbocycles. The molecule has 198 valence electrons. The summed E-state index contributed by atoms with van der Waals surface area (Å²) in [6, 6.07) is 16.5. The van der Waals surface area contributed by atoms with Gasteiger partial charge in [-0.15, -0.1) is 0 Å². The second kappa shape index (κ2) is 13.0. The first-order valence-electron chi connectivity index (χ1n) is 11.5. The third-order valence-corrected chi connectivity index (χ3v) is 6.42. The summed E-state index contributed by atoms with van der Waals surface area (Å²) in [5, 5.41) is 0.519. The summed E-state index contributed by atoms with van der Waals surface area (Å²) < 4.78 is 47.0. The van der Waals surface area contributed by atoms with Crippen LogP contribution >= 0.6 is 11.6 Å². The number of aromatic nitrogens is 4. The van der Waals surface area contributed by atoms with Gasteiger partial charge in [-0.25, -0.2) is 9.97 Å². The van der Waals surface area contributed by atoms with Crippen LogP contribution in [-0.4, -0.2) is 55.2 Å². The molecule has 2 heterocycles. The van der Waals surface area contributed by atoms with E-state index in [-0.39, 0.29) is 37.5 Å². The summed E-state index contributed by atoms with van der Waals surface area (Å²) in [5.74, 6) is 0.708. The molecule has 4 aromatic rings. The normalized spacial score (nSPS) is 11.1. The van der Waals surface area contributed by atoms with E-state index < -0.39 is 10.2 Å². The predicted octanol–water partition coefficient (Wildman–Crippen LogP) is 3.54. The van der Waals surface area contributed by atoms with Gasteiger partial charge in [-0.1, -0.05) is 54.1 Å². The summed E-state index contributed by atoms with van der Waals surface area (Å²) >= 11 is 6.05. The molecule has 2 aromatic carbocycles. The summed E-state index contributed by atoms with van der Waals surface area (Å²) in [7, 11) is -2.43. The van der Waals surface area contributed by atoms with E-state index in [9.17, 15) is 8.42 Å². The second-order valence-electron chi connectivity index (χ2n) is 7.75. The fourth-order valence-electron chi connectivity index (χ4n) is 3.33. The standard InChI is InChI=1S/C25H25ClN6O5S/c1-35-21-15-27-25(28-16-21)37-14-13-36-24-22(19-7-9-20(26)10-8-19)23(29-17-30-24)32-38(33,34)31-12-11-18-5-3-2-4-6-18/h2-10,15-17,31H,11-14H2,1H3,(H,29,30,32). The Kier molecular flexibility index (Phi) is 9.25. The van der Waals surface area contributed by atoms with Gasteiger partial charge in [0.1, 0.15) is 19.5 Å². The molecule has 0 aliphatic rings. The van der Waals surface area contributed by atoms with Crippen molar-refractivity contribution in [3.8, 4) is 28.8 Å². The zero-order chi connectivity index (χ0) is 26.8. The lowest BCUT2D eigenvalue weighted by molar-refractivity contribution is 0.201. The van der Waals surface area contributed by atoms with Crippen LogP contribution in [0.15, 0.2) is 73.3 Å². The van der Waals surface area contributed by atoms with Crippen LogP contribution in [0.1, 0.15) is 5.56 Å². The monoisotopic (exact) mass is 556 g/mol. The van der Waals surface area contributed by atoms with Gasteiger partial charge < -0.3 is 14.2 Å². The number of benzene rings is 2. The first kappa shape index (κ1) is 27.0. The lowest BCUT2D eigenvalue weighted by Crippen LogP contribution is -2.32. The molecule has 2 aromatic heterocycles. The molecule has 0 spiro atoms. The maximum absolute atomic E-state index is 12.8. The first-order valence-corrected chi connectivity index (χ1v) is 13.3. The van der Waals surface area contributed by atoms with Crippen LogP contribution in [0.5, 0.6) is 17.6 Å². The smallest absolute Gasteiger partial charge is 0.316 e. The van der Waals surface area contributed by atoms with E-state index >= 15 is 0 Å². The molecule has 0 saturated carbocycles. The number of hydrogen-bond donors (Lipinski definition) is 2. The number of halogens is 1. The highest BCUT2D eigenvalue weighted by Gasteiger charge is 2.20. The molecule has 0 aliphatic heterocycles. The third-order valence-electron chi connectivity index (χ3n) is 5.12. The van der Waals surface area contributed by atoms with Gasteiger partial charge in [0.05, 0.1) is 25.1 Å². The van der Waals surface area contributed by atoms with Crippen LogP contribution in [0.25, 0.3) is 11.1 Å². The molecule has 2 N–H and O–H groups in total. The fraction of sp³-hybridized carbons (Fsp3) is 0.200. The van der Waals surface area contributed by atoms with Crippen molar-refractivity contribution in [1.82, 2.24) is 24.7 Å². The van der Waals surface area contributed by atoms with Crippen molar-refractivity contribution in [3.05, 3.63) is 83.9 Å². The predicted molar refractivity (Wildman–Crippen MR) is 143 cm³/mol.